The summed E-state index contributed by atoms with van der Waals surface area (Å²) < 4.78 is 11.0. The lowest BCUT2D eigenvalue weighted by Crippen LogP contribution is -2.40. The second-order valence-corrected chi connectivity index (χ2v) is 3.96. The van der Waals surface area contributed by atoms with Gasteiger partial charge in [-0.05, 0) is 38.1 Å². The molecule has 2 fully saturated rings. The van der Waals surface area contributed by atoms with E-state index in [2.05, 4.69) is 5.32 Å². The highest BCUT2D eigenvalue weighted by atomic mass is 16.5. The molecule has 0 spiro atoms. The molecule has 3 heteroatoms. The van der Waals surface area contributed by atoms with E-state index in [4.69, 9.17) is 9.47 Å². The van der Waals surface area contributed by atoms with Crippen molar-refractivity contribution in [2.45, 2.75) is 31.9 Å². The zero-order valence-electron chi connectivity index (χ0n) is 8.13. The lowest BCUT2D eigenvalue weighted by Gasteiger charge is -2.29. The Balaban J connectivity index is 1.69. The number of hydrogen-bond acceptors (Lipinski definition) is 3. The van der Waals surface area contributed by atoms with Gasteiger partial charge in [0, 0.05) is 19.8 Å². The topological polar surface area (TPSA) is 30.5 Å². The molecule has 76 valence electrons. The average molecular weight is 185 g/mol. The van der Waals surface area contributed by atoms with E-state index in [9.17, 15) is 0 Å². The maximum atomic E-state index is 5.63. The Morgan fingerprint density at radius 2 is 2.00 bits per heavy atom. The molecule has 0 aliphatic carbocycles. The van der Waals surface area contributed by atoms with Gasteiger partial charge >= 0.3 is 0 Å². The van der Waals surface area contributed by atoms with Gasteiger partial charge in [-0.25, -0.2) is 0 Å². The molecule has 0 amide bonds. The minimum absolute atomic E-state index is 0.317. The van der Waals surface area contributed by atoms with Crippen molar-refractivity contribution in [3.63, 3.8) is 0 Å². The predicted octanol–water partition coefficient (Wildman–Crippen LogP) is 1.14. The maximum Gasteiger partial charge on any atom is 0.108 e. The normalized spacial score (nSPS) is 31.8. The highest BCUT2D eigenvalue weighted by Gasteiger charge is 2.20. The summed E-state index contributed by atoms with van der Waals surface area (Å²) in [6.07, 6.45) is 5.06. The predicted molar refractivity (Wildman–Crippen MR) is 50.5 cm³/mol. The summed E-state index contributed by atoms with van der Waals surface area (Å²) in [6.45, 7) is 3.93. The number of rotatable bonds is 2. The Morgan fingerprint density at radius 3 is 2.69 bits per heavy atom. The van der Waals surface area contributed by atoms with Crippen LogP contribution in [0.1, 0.15) is 25.7 Å². The SMILES string of the molecule is C1CNC(CC2CCOCC2)OC1. The molecule has 0 aromatic rings. The van der Waals surface area contributed by atoms with E-state index >= 15 is 0 Å². The molecule has 0 saturated carbocycles. The van der Waals surface area contributed by atoms with Crippen LogP contribution in [0.3, 0.4) is 0 Å². The standard InChI is InChI=1S/C10H19NO2/c1-4-11-10(13-5-1)8-9-2-6-12-7-3-9/h9-11H,1-8H2. The molecule has 13 heavy (non-hydrogen) atoms. The molecule has 1 unspecified atom stereocenters. The Bertz CT molecular complexity index is 124. The van der Waals surface area contributed by atoms with Crippen LogP contribution in [0.4, 0.5) is 0 Å². The Kier molecular flexibility index (Phi) is 3.58. The van der Waals surface area contributed by atoms with E-state index in [0.717, 1.165) is 38.7 Å². The van der Waals surface area contributed by atoms with Crippen LogP contribution in [0.25, 0.3) is 0 Å². The molecule has 2 aliphatic heterocycles. The first-order valence-electron chi connectivity index (χ1n) is 5.38. The molecular weight excluding hydrogens is 166 g/mol. The van der Waals surface area contributed by atoms with Gasteiger partial charge in [-0.1, -0.05) is 0 Å². The molecule has 2 rings (SSSR count). The van der Waals surface area contributed by atoms with Crippen molar-refractivity contribution >= 4 is 0 Å². The third-order valence-corrected chi connectivity index (χ3v) is 2.90. The summed E-state index contributed by atoms with van der Waals surface area (Å²) >= 11 is 0. The molecule has 0 radical (unpaired) electrons. The summed E-state index contributed by atoms with van der Waals surface area (Å²) in [5.74, 6) is 0.810. The Hall–Kier alpha value is -0.120. The zero-order valence-corrected chi connectivity index (χ0v) is 8.13. The van der Waals surface area contributed by atoms with Crippen molar-refractivity contribution in [3.8, 4) is 0 Å². The summed E-state index contributed by atoms with van der Waals surface area (Å²) in [7, 11) is 0. The van der Waals surface area contributed by atoms with Crippen molar-refractivity contribution in [3.05, 3.63) is 0 Å². The van der Waals surface area contributed by atoms with Crippen molar-refractivity contribution in [1.29, 1.82) is 0 Å². The number of nitrogens with one attached hydrogen (secondary N) is 1. The van der Waals surface area contributed by atoms with Gasteiger partial charge < -0.3 is 9.47 Å². The van der Waals surface area contributed by atoms with Crippen LogP contribution in [0, 0.1) is 5.92 Å². The van der Waals surface area contributed by atoms with Gasteiger partial charge in [-0.2, -0.15) is 0 Å². The Labute approximate surface area is 79.8 Å². The molecule has 2 saturated heterocycles. The summed E-state index contributed by atoms with van der Waals surface area (Å²) in [5, 5.41) is 3.40. The first-order valence-corrected chi connectivity index (χ1v) is 5.38. The quantitative estimate of drug-likeness (QED) is 0.699. The Morgan fingerprint density at radius 1 is 1.15 bits per heavy atom. The highest BCUT2D eigenvalue weighted by Crippen LogP contribution is 2.21. The van der Waals surface area contributed by atoms with E-state index in [-0.39, 0.29) is 0 Å². The van der Waals surface area contributed by atoms with Gasteiger partial charge in [0.2, 0.25) is 0 Å². The summed E-state index contributed by atoms with van der Waals surface area (Å²) in [5.41, 5.74) is 0. The smallest absolute Gasteiger partial charge is 0.108 e. The molecule has 0 aromatic heterocycles. The van der Waals surface area contributed by atoms with Gasteiger partial charge in [0.15, 0.2) is 0 Å². The first kappa shape index (κ1) is 9.44. The second kappa shape index (κ2) is 4.94. The van der Waals surface area contributed by atoms with Crippen LogP contribution < -0.4 is 5.32 Å². The van der Waals surface area contributed by atoms with E-state index < -0.39 is 0 Å². The molecular formula is C10H19NO2. The molecule has 0 bridgehead atoms. The van der Waals surface area contributed by atoms with Gasteiger partial charge in [0.1, 0.15) is 6.23 Å². The van der Waals surface area contributed by atoms with Crippen molar-refractivity contribution < 1.29 is 9.47 Å². The maximum absolute atomic E-state index is 5.63. The van der Waals surface area contributed by atoms with E-state index in [1.807, 2.05) is 0 Å². The molecule has 2 heterocycles. The molecule has 0 aromatic carbocycles. The first-order chi connectivity index (χ1) is 6.45. The van der Waals surface area contributed by atoms with Crippen LogP contribution in [0.15, 0.2) is 0 Å². The van der Waals surface area contributed by atoms with Crippen molar-refractivity contribution in [2.75, 3.05) is 26.4 Å². The second-order valence-electron chi connectivity index (χ2n) is 3.96. The van der Waals surface area contributed by atoms with Crippen molar-refractivity contribution in [2.24, 2.45) is 5.92 Å². The number of ether oxygens (including phenoxy) is 2. The van der Waals surface area contributed by atoms with Gasteiger partial charge in [-0.3, -0.25) is 5.32 Å². The van der Waals surface area contributed by atoms with Crippen molar-refractivity contribution in [1.82, 2.24) is 5.32 Å². The minimum Gasteiger partial charge on any atom is -0.381 e. The summed E-state index contributed by atoms with van der Waals surface area (Å²) in [4.78, 5) is 0. The van der Waals surface area contributed by atoms with Gasteiger partial charge in [-0.15, -0.1) is 0 Å². The largest absolute Gasteiger partial charge is 0.381 e. The van der Waals surface area contributed by atoms with Crippen LogP contribution >= 0.6 is 0 Å². The lowest BCUT2D eigenvalue weighted by molar-refractivity contribution is -0.0275. The third-order valence-electron chi connectivity index (χ3n) is 2.90. The van der Waals surface area contributed by atoms with Crippen LogP contribution in [0.2, 0.25) is 0 Å². The molecule has 3 nitrogen and oxygen atoms in total. The fourth-order valence-corrected chi connectivity index (χ4v) is 2.06. The van der Waals surface area contributed by atoms with E-state index in [1.54, 1.807) is 0 Å². The average Bonchev–Trinajstić information content (AvgIpc) is 2.21. The highest BCUT2D eigenvalue weighted by molar-refractivity contribution is 4.70. The van der Waals surface area contributed by atoms with Gasteiger partial charge in [0.25, 0.3) is 0 Å². The van der Waals surface area contributed by atoms with Crippen LogP contribution in [0.5, 0.6) is 0 Å². The molecule has 1 atom stereocenters. The van der Waals surface area contributed by atoms with E-state index in [0.29, 0.717) is 6.23 Å². The third kappa shape index (κ3) is 2.93. The van der Waals surface area contributed by atoms with Crippen LogP contribution in [-0.4, -0.2) is 32.6 Å². The summed E-state index contributed by atoms with van der Waals surface area (Å²) in [6, 6.07) is 0. The zero-order chi connectivity index (χ0) is 8.93. The molecule has 2 aliphatic rings. The van der Waals surface area contributed by atoms with E-state index in [1.165, 1.54) is 19.3 Å². The lowest BCUT2D eigenvalue weighted by atomic mass is 9.95. The number of hydrogen-bond donors (Lipinski definition) is 1. The van der Waals surface area contributed by atoms with Crippen LogP contribution in [-0.2, 0) is 9.47 Å². The minimum atomic E-state index is 0.317. The monoisotopic (exact) mass is 185 g/mol. The fraction of sp³-hybridized carbons (Fsp3) is 1.00. The fourth-order valence-electron chi connectivity index (χ4n) is 2.06. The molecule has 1 N–H and O–H groups in total. The van der Waals surface area contributed by atoms with Gasteiger partial charge in [0.05, 0.1) is 0 Å².